The van der Waals surface area contributed by atoms with Gasteiger partial charge in [-0.15, -0.1) is 0 Å². The number of hydrogen-bond donors (Lipinski definition) is 1. The van der Waals surface area contributed by atoms with Gasteiger partial charge in [-0.25, -0.2) is 4.39 Å². The van der Waals surface area contributed by atoms with Gasteiger partial charge in [0.2, 0.25) is 0 Å². The number of hydrogen-bond acceptors (Lipinski definition) is 3. The predicted octanol–water partition coefficient (Wildman–Crippen LogP) is 2.95. The van der Waals surface area contributed by atoms with E-state index in [4.69, 9.17) is 0 Å². The van der Waals surface area contributed by atoms with Crippen molar-refractivity contribution >= 4 is 0 Å². The van der Waals surface area contributed by atoms with E-state index in [0.29, 0.717) is 12.1 Å². The molecule has 0 aliphatic carbocycles. The Morgan fingerprint density at radius 3 is 2.55 bits per heavy atom. The van der Waals surface area contributed by atoms with Crippen LogP contribution in [0.4, 0.5) is 4.39 Å². The van der Waals surface area contributed by atoms with Crippen molar-refractivity contribution in [2.75, 3.05) is 13.6 Å². The zero-order valence-corrected chi connectivity index (χ0v) is 11.7. The van der Waals surface area contributed by atoms with Crippen molar-refractivity contribution in [3.05, 3.63) is 65.7 Å². The molecule has 4 heteroatoms. The summed E-state index contributed by atoms with van der Waals surface area (Å²) in [6.07, 6.45) is 0.889. The largest absolute Gasteiger partial charge is 0.387 e. The first-order valence-corrected chi connectivity index (χ1v) is 6.63. The highest BCUT2D eigenvalue weighted by Crippen LogP contribution is 2.22. The van der Waals surface area contributed by atoms with Crippen LogP contribution in [0.3, 0.4) is 0 Å². The van der Waals surface area contributed by atoms with Crippen LogP contribution in [-0.4, -0.2) is 28.6 Å². The number of aromatic nitrogens is 1. The number of aliphatic hydroxyl groups is 1. The molecule has 2 aromatic rings. The summed E-state index contributed by atoms with van der Waals surface area (Å²) in [6, 6.07) is 12.1. The molecular formula is C16H19FN2O. The Bertz CT molecular complexity index is 547. The highest BCUT2D eigenvalue weighted by atomic mass is 19.1. The van der Waals surface area contributed by atoms with Gasteiger partial charge in [0.15, 0.2) is 0 Å². The Morgan fingerprint density at radius 1 is 1.20 bits per heavy atom. The molecule has 20 heavy (non-hydrogen) atoms. The number of halogens is 1. The van der Waals surface area contributed by atoms with Crippen molar-refractivity contribution in [1.29, 1.82) is 0 Å². The highest BCUT2D eigenvalue weighted by Gasteiger charge is 2.19. The molecule has 0 bridgehead atoms. The minimum absolute atomic E-state index is 0.0534. The number of nitrogens with zero attached hydrogens (tertiary/aromatic N) is 2. The Morgan fingerprint density at radius 2 is 1.90 bits per heavy atom. The molecule has 0 fully saturated rings. The summed E-state index contributed by atoms with van der Waals surface area (Å²) in [5.74, 6) is -0.376. The average molecular weight is 274 g/mol. The first-order valence-electron chi connectivity index (χ1n) is 6.63. The topological polar surface area (TPSA) is 36.4 Å². The summed E-state index contributed by atoms with van der Waals surface area (Å²) in [4.78, 5) is 6.26. The number of benzene rings is 1. The lowest BCUT2D eigenvalue weighted by Gasteiger charge is -2.26. The van der Waals surface area contributed by atoms with Crippen LogP contribution in [0.5, 0.6) is 0 Å². The van der Waals surface area contributed by atoms with Crippen molar-refractivity contribution in [1.82, 2.24) is 9.88 Å². The van der Waals surface area contributed by atoms with Gasteiger partial charge in [-0.3, -0.25) is 9.88 Å². The maximum atomic E-state index is 13.6. The van der Waals surface area contributed by atoms with Gasteiger partial charge in [-0.2, -0.15) is 0 Å². The van der Waals surface area contributed by atoms with E-state index < -0.39 is 6.10 Å². The minimum Gasteiger partial charge on any atom is -0.387 e. The molecule has 1 heterocycles. The molecule has 2 unspecified atom stereocenters. The third-order valence-electron chi connectivity index (χ3n) is 3.50. The van der Waals surface area contributed by atoms with E-state index in [1.807, 2.05) is 37.1 Å². The summed E-state index contributed by atoms with van der Waals surface area (Å²) < 4.78 is 13.6. The smallest absolute Gasteiger partial charge is 0.129 e. The van der Waals surface area contributed by atoms with E-state index in [2.05, 4.69) is 4.98 Å². The first kappa shape index (κ1) is 14.6. The van der Waals surface area contributed by atoms with Gasteiger partial charge in [-0.05, 0) is 32.2 Å². The Hall–Kier alpha value is -1.78. The summed E-state index contributed by atoms with van der Waals surface area (Å²) in [6.45, 7) is 2.36. The number of pyridine rings is 1. The average Bonchev–Trinajstić information content (AvgIpc) is 2.47. The molecule has 0 aliphatic heterocycles. The number of rotatable bonds is 5. The first-order chi connectivity index (χ1) is 9.59. The van der Waals surface area contributed by atoms with E-state index in [1.54, 1.807) is 24.4 Å². The third-order valence-corrected chi connectivity index (χ3v) is 3.50. The molecule has 0 spiro atoms. The van der Waals surface area contributed by atoms with Gasteiger partial charge in [0.25, 0.3) is 0 Å². The Labute approximate surface area is 118 Å². The molecule has 0 radical (unpaired) electrons. The van der Waals surface area contributed by atoms with E-state index in [-0.39, 0.29) is 11.9 Å². The molecule has 3 nitrogen and oxygen atoms in total. The van der Waals surface area contributed by atoms with Crippen molar-refractivity contribution in [3.8, 4) is 0 Å². The van der Waals surface area contributed by atoms with Crippen molar-refractivity contribution in [2.24, 2.45) is 0 Å². The van der Waals surface area contributed by atoms with Crippen LogP contribution in [0.25, 0.3) is 0 Å². The lowest BCUT2D eigenvalue weighted by molar-refractivity contribution is 0.104. The van der Waals surface area contributed by atoms with E-state index in [9.17, 15) is 9.50 Å². The molecular weight excluding hydrogens is 255 g/mol. The summed E-state index contributed by atoms with van der Waals surface area (Å²) >= 11 is 0. The van der Waals surface area contributed by atoms with Crippen LogP contribution >= 0.6 is 0 Å². The fourth-order valence-corrected chi connectivity index (χ4v) is 2.12. The van der Waals surface area contributed by atoms with Crippen LogP contribution in [0.15, 0.2) is 48.7 Å². The standard InChI is InChI=1S/C16H19FN2O/c1-12(15-9-5-6-10-18-15)19(2)11-16(20)13-7-3-4-8-14(13)17/h3-10,12,16,20H,11H2,1-2H3. The fraction of sp³-hybridized carbons (Fsp3) is 0.312. The normalized spacial score (nSPS) is 14.2. The zero-order chi connectivity index (χ0) is 14.5. The molecule has 0 aliphatic rings. The summed E-state index contributed by atoms with van der Waals surface area (Å²) in [5, 5.41) is 10.2. The Kier molecular flexibility index (Phi) is 4.82. The van der Waals surface area contributed by atoms with E-state index >= 15 is 0 Å². The second-order valence-corrected chi connectivity index (χ2v) is 4.91. The molecule has 0 saturated heterocycles. The Balaban J connectivity index is 2.04. The van der Waals surface area contributed by atoms with Gasteiger partial charge in [0.05, 0.1) is 11.8 Å². The molecule has 106 valence electrons. The van der Waals surface area contributed by atoms with Crippen molar-refractivity contribution in [2.45, 2.75) is 19.1 Å². The molecule has 0 amide bonds. The van der Waals surface area contributed by atoms with Crippen molar-refractivity contribution in [3.63, 3.8) is 0 Å². The summed E-state index contributed by atoms with van der Waals surface area (Å²) in [7, 11) is 1.89. The lowest BCUT2D eigenvalue weighted by atomic mass is 10.1. The molecule has 1 aromatic carbocycles. The summed E-state index contributed by atoms with van der Waals surface area (Å²) in [5.41, 5.74) is 1.25. The quantitative estimate of drug-likeness (QED) is 0.910. The van der Waals surface area contributed by atoms with Crippen LogP contribution in [0.1, 0.15) is 30.3 Å². The fourth-order valence-electron chi connectivity index (χ4n) is 2.12. The minimum atomic E-state index is -0.854. The van der Waals surface area contributed by atoms with Crippen LogP contribution in [-0.2, 0) is 0 Å². The van der Waals surface area contributed by atoms with Crippen LogP contribution in [0.2, 0.25) is 0 Å². The monoisotopic (exact) mass is 274 g/mol. The molecule has 2 atom stereocenters. The maximum Gasteiger partial charge on any atom is 0.129 e. The van der Waals surface area contributed by atoms with E-state index in [1.165, 1.54) is 6.07 Å². The zero-order valence-electron chi connectivity index (χ0n) is 11.7. The molecule has 1 N–H and O–H groups in total. The maximum absolute atomic E-state index is 13.6. The van der Waals surface area contributed by atoms with Crippen LogP contribution < -0.4 is 0 Å². The van der Waals surface area contributed by atoms with E-state index in [0.717, 1.165) is 5.69 Å². The third kappa shape index (κ3) is 3.40. The highest BCUT2D eigenvalue weighted by molar-refractivity contribution is 5.20. The second kappa shape index (κ2) is 6.59. The molecule has 1 aromatic heterocycles. The number of likely N-dealkylation sites (N-methyl/N-ethyl adjacent to an activating group) is 1. The predicted molar refractivity (Wildman–Crippen MR) is 76.6 cm³/mol. The second-order valence-electron chi connectivity index (χ2n) is 4.91. The van der Waals surface area contributed by atoms with Crippen LogP contribution in [0, 0.1) is 5.82 Å². The SMILES string of the molecule is CC(c1ccccn1)N(C)CC(O)c1ccccc1F. The van der Waals surface area contributed by atoms with Gasteiger partial charge in [-0.1, -0.05) is 24.3 Å². The van der Waals surface area contributed by atoms with Crippen molar-refractivity contribution < 1.29 is 9.50 Å². The van der Waals surface area contributed by atoms with Gasteiger partial charge < -0.3 is 5.11 Å². The number of aliphatic hydroxyl groups excluding tert-OH is 1. The van der Waals surface area contributed by atoms with Gasteiger partial charge >= 0.3 is 0 Å². The van der Waals surface area contributed by atoms with Gasteiger partial charge in [0.1, 0.15) is 5.82 Å². The molecule has 2 rings (SSSR count). The molecule has 0 saturated carbocycles. The van der Waals surface area contributed by atoms with Gasteiger partial charge in [0, 0.05) is 24.3 Å². The lowest BCUT2D eigenvalue weighted by Crippen LogP contribution is -2.28.